The highest BCUT2D eigenvalue weighted by molar-refractivity contribution is 6.04. The predicted molar refractivity (Wildman–Crippen MR) is 120 cm³/mol. The topological polar surface area (TPSA) is 145 Å². The van der Waals surface area contributed by atoms with Crippen molar-refractivity contribution in [2.24, 2.45) is 16.0 Å². The van der Waals surface area contributed by atoms with Gasteiger partial charge < -0.3 is 25.0 Å². The maximum atomic E-state index is 12.6. The number of carbonyl (C=O) groups is 2. The zero-order chi connectivity index (χ0) is 23.5. The van der Waals surface area contributed by atoms with Crippen LogP contribution in [0.15, 0.2) is 40.6 Å². The first-order valence-electron chi connectivity index (χ1n) is 10.4. The van der Waals surface area contributed by atoms with E-state index in [-0.39, 0.29) is 28.8 Å². The van der Waals surface area contributed by atoms with Gasteiger partial charge in [-0.3, -0.25) is 15.0 Å². The molecule has 5 N–H and O–H groups in total. The first-order valence-corrected chi connectivity index (χ1v) is 10.4. The summed E-state index contributed by atoms with van der Waals surface area (Å²) in [6.45, 7) is -0.439. The molecular formula is C21H26N8O4. The van der Waals surface area contributed by atoms with Crippen molar-refractivity contribution < 1.29 is 19.4 Å². The standard InChI is InChI=1S/C21H26N8O4/c1-22-21(32)14-10-29(11-30)17(24-20(31)12-7-8-12)9-16(14)23-15-6-4-5-13(18(15)33-3)19-25-27-28(2)26-19/h4-6,9-10,12,23,27,30H,7-8,11H2,1-3H3,(H,22,32)(H,25,26)/b24-17+. The van der Waals surface area contributed by atoms with Gasteiger partial charge in [-0.1, -0.05) is 6.07 Å². The van der Waals surface area contributed by atoms with E-state index in [1.807, 2.05) is 12.1 Å². The smallest absolute Gasteiger partial charge is 0.254 e. The van der Waals surface area contributed by atoms with Gasteiger partial charge in [0.25, 0.3) is 11.8 Å². The molecule has 0 spiro atoms. The number of methoxy groups -OCH3 is 1. The van der Waals surface area contributed by atoms with Crippen LogP contribution in [-0.4, -0.2) is 53.6 Å². The second-order valence-electron chi connectivity index (χ2n) is 7.59. The average Bonchev–Trinajstić information content (AvgIpc) is 3.59. The van der Waals surface area contributed by atoms with Gasteiger partial charge >= 0.3 is 0 Å². The number of benzene rings is 1. The number of aliphatic hydroxyl groups is 1. The number of amidine groups is 1. The summed E-state index contributed by atoms with van der Waals surface area (Å²) in [5.74, 6) is 0.367. The zero-order valence-electron chi connectivity index (χ0n) is 18.5. The molecule has 4 rings (SSSR count). The Labute approximate surface area is 189 Å². The van der Waals surface area contributed by atoms with Crippen molar-refractivity contribution >= 4 is 29.0 Å². The second kappa shape index (κ2) is 9.30. The van der Waals surface area contributed by atoms with Crippen LogP contribution in [0.1, 0.15) is 28.8 Å². The Balaban J connectivity index is 1.80. The minimum absolute atomic E-state index is 0.0737. The molecule has 12 heteroatoms. The van der Waals surface area contributed by atoms with Gasteiger partial charge in [0.2, 0.25) is 0 Å². The van der Waals surface area contributed by atoms with Crippen LogP contribution in [0.4, 0.5) is 11.4 Å². The number of rotatable bonds is 7. The predicted octanol–water partition coefficient (Wildman–Crippen LogP) is 0.00320. The molecule has 0 saturated heterocycles. The lowest BCUT2D eigenvalue weighted by atomic mass is 10.1. The van der Waals surface area contributed by atoms with Crippen molar-refractivity contribution in [3.05, 3.63) is 47.1 Å². The second-order valence-corrected chi connectivity index (χ2v) is 7.59. The van der Waals surface area contributed by atoms with Crippen LogP contribution in [0.2, 0.25) is 0 Å². The number of hydrazine groups is 2. The molecule has 12 nitrogen and oxygen atoms in total. The summed E-state index contributed by atoms with van der Waals surface area (Å²) in [6.07, 6.45) is 3.09. The molecule has 2 aromatic rings. The average molecular weight is 454 g/mol. The van der Waals surface area contributed by atoms with Crippen LogP contribution in [0.5, 0.6) is 5.75 Å². The first-order chi connectivity index (χ1) is 15.9. The van der Waals surface area contributed by atoms with Gasteiger partial charge in [-0.05, 0) is 25.0 Å². The lowest BCUT2D eigenvalue weighted by Crippen LogP contribution is -2.36. The fourth-order valence-electron chi connectivity index (χ4n) is 3.39. The van der Waals surface area contributed by atoms with E-state index in [4.69, 9.17) is 4.74 Å². The molecule has 0 atom stereocenters. The SMILES string of the molecule is CNC(=O)c1cn(CO)/c(=N/C(=O)C2CC2)cc1Nc1cccc(C2=NN(C)NN2)c1OC. The van der Waals surface area contributed by atoms with Gasteiger partial charge in [-0.2, -0.15) is 4.99 Å². The highest BCUT2D eigenvalue weighted by Gasteiger charge is 2.29. The summed E-state index contributed by atoms with van der Waals surface area (Å²) >= 11 is 0. The normalized spacial score (nSPS) is 15.7. The van der Waals surface area contributed by atoms with Gasteiger partial charge in [0.15, 0.2) is 11.6 Å². The summed E-state index contributed by atoms with van der Waals surface area (Å²) in [6, 6.07) is 7.02. The molecule has 1 aromatic carbocycles. The number of amides is 2. The Morgan fingerprint density at radius 1 is 1.33 bits per heavy atom. The number of pyridine rings is 1. The largest absolute Gasteiger partial charge is 0.494 e. The molecular weight excluding hydrogens is 428 g/mol. The number of aromatic nitrogens is 1. The quantitative estimate of drug-likeness (QED) is 0.393. The molecule has 2 amide bonds. The van der Waals surface area contributed by atoms with Crippen molar-refractivity contribution in [3.63, 3.8) is 0 Å². The van der Waals surface area contributed by atoms with Crippen molar-refractivity contribution in [3.8, 4) is 5.75 Å². The summed E-state index contributed by atoms with van der Waals surface area (Å²) in [5, 5.41) is 21.5. The lowest BCUT2D eigenvalue weighted by molar-refractivity contribution is -0.119. The molecule has 1 aromatic heterocycles. The van der Waals surface area contributed by atoms with E-state index in [1.54, 1.807) is 19.2 Å². The number of para-hydroxylation sites is 1. The van der Waals surface area contributed by atoms with Crippen molar-refractivity contribution in [2.75, 3.05) is 26.5 Å². The van der Waals surface area contributed by atoms with Crippen LogP contribution in [0.3, 0.4) is 0 Å². The maximum Gasteiger partial charge on any atom is 0.254 e. The molecule has 174 valence electrons. The highest BCUT2D eigenvalue weighted by Crippen LogP contribution is 2.33. The van der Waals surface area contributed by atoms with Crippen LogP contribution in [0.25, 0.3) is 0 Å². The molecule has 1 saturated carbocycles. The maximum absolute atomic E-state index is 12.6. The highest BCUT2D eigenvalue weighted by atomic mass is 16.5. The number of anilines is 2. The Morgan fingerprint density at radius 3 is 2.73 bits per heavy atom. The number of ether oxygens (including phenoxy) is 1. The number of hydrogen-bond acceptors (Lipinski definition) is 9. The Hall–Kier alpha value is -3.90. The molecule has 0 radical (unpaired) electrons. The van der Waals surface area contributed by atoms with E-state index >= 15 is 0 Å². The number of aliphatic hydroxyl groups excluding tert-OH is 1. The Bertz CT molecular complexity index is 1190. The minimum Gasteiger partial charge on any atom is -0.494 e. The Morgan fingerprint density at radius 2 is 2.12 bits per heavy atom. The van der Waals surface area contributed by atoms with Crippen LogP contribution < -0.4 is 31.8 Å². The van der Waals surface area contributed by atoms with E-state index in [0.29, 0.717) is 28.5 Å². The summed E-state index contributed by atoms with van der Waals surface area (Å²) in [4.78, 5) is 29.1. The molecule has 1 fully saturated rings. The third-order valence-corrected chi connectivity index (χ3v) is 5.25. The van der Waals surface area contributed by atoms with Gasteiger partial charge in [-0.15, -0.1) is 10.6 Å². The lowest BCUT2D eigenvalue weighted by Gasteiger charge is -2.18. The van der Waals surface area contributed by atoms with Crippen molar-refractivity contribution in [1.82, 2.24) is 26.0 Å². The Kier molecular flexibility index (Phi) is 6.29. The molecule has 2 aliphatic rings. The third kappa shape index (κ3) is 4.66. The number of hydrogen-bond donors (Lipinski definition) is 5. The number of hydrazone groups is 1. The molecule has 1 aliphatic heterocycles. The van der Waals surface area contributed by atoms with Gasteiger partial charge in [0.1, 0.15) is 12.2 Å². The van der Waals surface area contributed by atoms with Gasteiger partial charge in [0, 0.05) is 32.3 Å². The molecule has 1 aliphatic carbocycles. The molecule has 0 bridgehead atoms. The fourth-order valence-corrected chi connectivity index (χ4v) is 3.39. The molecule has 33 heavy (non-hydrogen) atoms. The number of nitrogens with zero attached hydrogens (tertiary/aromatic N) is 4. The molecule has 0 unspecified atom stereocenters. The van der Waals surface area contributed by atoms with E-state index in [9.17, 15) is 14.7 Å². The summed E-state index contributed by atoms with van der Waals surface area (Å²) in [5.41, 5.74) is 7.97. The van der Waals surface area contributed by atoms with Crippen molar-refractivity contribution in [1.29, 1.82) is 0 Å². The summed E-state index contributed by atoms with van der Waals surface area (Å²) < 4.78 is 7.00. The fraction of sp³-hybridized carbons (Fsp3) is 0.333. The van der Waals surface area contributed by atoms with E-state index < -0.39 is 6.73 Å². The molecule has 2 heterocycles. The number of nitrogens with one attached hydrogen (secondary N) is 4. The van der Waals surface area contributed by atoms with E-state index in [2.05, 4.69) is 31.7 Å². The van der Waals surface area contributed by atoms with Crippen LogP contribution in [-0.2, 0) is 11.5 Å². The van der Waals surface area contributed by atoms with Crippen molar-refractivity contribution in [2.45, 2.75) is 19.6 Å². The zero-order valence-corrected chi connectivity index (χ0v) is 18.5. The first kappa shape index (κ1) is 22.3. The number of carbonyl (C=O) groups excluding carboxylic acids is 2. The van der Waals surface area contributed by atoms with Gasteiger partial charge in [0.05, 0.1) is 29.6 Å². The van der Waals surface area contributed by atoms with E-state index in [1.165, 1.54) is 30.0 Å². The third-order valence-electron chi connectivity index (χ3n) is 5.25. The summed E-state index contributed by atoms with van der Waals surface area (Å²) in [7, 11) is 4.80. The van der Waals surface area contributed by atoms with E-state index in [0.717, 1.165) is 12.8 Å². The monoisotopic (exact) mass is 454 g/mol. The van der Waals surface area contributed by atoms with Crippen LogP contribution in [0, 0.1) is 5.92 Å². The van der Waals surface area contributed by atoms with Gasteiger partial charge in [-0.25, -0.2) is 5.12 Å². The van der Waals surface area contributed by atoms with Crippen LogP contribution >= 0.6 is 0 Å². The minimum atomic E-state index is -0.439.